The van der Waals surface area contributed by atoms with Gasteiger partial charge in [-0.1, -0.05) is 18.2 Å². The summed E-state index contributed by atoms with van der Waals surface area (Å²) >= 11 is 0. The van der Waals surface area contributed by atoms with E-state index in [-0.39, 0.29) is 5.75 Å². The third-order valence-corrected chi connectivity index (χ3v) is 3.16. The molecule has 1 aliphatic heterocycles. The minimum absolute atomic E-state index is 0.249. The van der Waals surface area contributed by atoms with Crippen LogP contribution >= 0.6 is 0 Å². The van der Waals surface area contributed by atoms with Gasteiger partial charge in [0, 0.05) is 24.7 Å². The van der Waals surface area contributed by atoms with E-state index in [0.29, 0.717) is 5.75 Å². The summed E-state index contributed by atoms with van der Waals surface area (Å²) in [5, 5.41) is 9.84. The zero-order chi connectivity index (χ0) is 13.0. The van der Waals surface area contributed by atoms with E-state index in [2.05, 4.69) is 24.1 Å². The van der Waals surface area contributed by atoms with Gasteiger partial charge in [-0.3, -0.25) is 0 Å². The van der Waals surface area contributed by atoms with Crippen LogP contribution in [0.2, 0.25) is 0 Å². The SMILES string of the molecule is COc1ccc(/C=C/C2=CCN(C)CC2)c(O)c1. The molecule has 0 atom stereocenters. The average molecular weight is 245 g/mol. The molecular formula is C15H19NO2. The first kappa shape index (κ1) is 12.7. The van der Waals surface area contributed by atoms with Gasteiger partial charge in [-0.05, 0) is 31.2 Å². The number of ether oxygens (including phenoxy) is 1. The smallest absolute Gasteiger partial charge is 0.126 e. The number of phenolic OH excluding ortho intramolecular Hbond substituents is 1. The topological polar surface area (TPSA) is 32.7 Å². The Morgan fingerprint density at radius 1 is 1.33 bits per heavy atom. The van der Waals surface area contributed by atoms with Crippen molar-refractivity contribution in [3.05, 3.63) is 41.5 Å². The number of allylic oxidation sites excluding steroid dienone is 1. The van der Waals surface area contributed by atoms with Crippen molar-refractivity contribution in [2.45, 2.75) is 6.42 Å². The van der Waals surface area contributed by atoms with E-state index in [0.717, 1.165) is 25.1 Å². The Morgan fingerprint density at radius 2 is 2.17 bits per heavy atom. The first-order valence-corrected chi connectivity index (χ1v) is 6.11. The Hall–Kier alpha value is -1.74. The number of likely N-dealkylation sites (N-methyl/N-ethyl adjacent to an activating group) is 1. The molecule has 0 bridgehead atoms. The van der Waals surface area contributed by atoms with Gasteiger partial charge >= 0.3 is 0 Å². The first-order valence-electron chi connectivity index (χ1n) is 6.11. The average Bonchev–Trinajstić information content (AvgIpc) is 2.39. The number of hydrogen-bond donors (Lipinski definition) is 1. The van der Waals surface area contributed by atoms with Crippen LogP contribution in [-0.2, 0) is 0 Å². The van der Waals surface area contributed by atoms with Gasteiger partial charge in [0.25, 0.3) is 0 Å². The molecule has 0 unspecified atom stereocenters. The maximum atomic E-state index is 9.84. The molecule has 0 aromatic heterocycles. The second-order valence-electron chi connectivity index (χ2n) is 4.55. The van der Waals surface area contributed by atoms with Gasteiger partial charge < -0.3 is 14.7 Å². The highest BCUT2D eigenvalue weighted by atomic mass is 16.5. The van der Waals surface area contributed by atoms with Gasteiger partial charge in [0.15, 0.2) is 0 Å². The molecule has 1 aliphatic rings. The Bertz CT molecular complexity index is 477. The summed E-state index contributed by atoms with van der Waals surface area (Å²) in [7, 11) is 3.71. The molecule has 0 amide bonds. The summed E-state index contributed by atoms with van der Waals surface area (Å²) in [4.78, 5) is 2.28. The maximum absolute atomic E-state index is 9.84. The number of methoxy groups -OCH3 is 1. The van der Waals surface area contributed by atoms with E-state index in [1.165, 1.54) is 5.57 Å². The fourth-order valence-corrected chi connectivity index (χ4v) is 1.93. The van der Waals surface area contributed by atoms with E-state index in [9.17, 15) is 5.11 Å². The lowest BCUT2D eigenvalue weighted by Gasteiger charge is -2.20. The number of nitrogens with zero attached hydrogens (tertiary/aromatic N) is 1. The van der Waals surface area contributed by atoms with Gasteiger partial charge in [-0.2, -0.15) is 0 Å². The summed E-state index contributed by atoms with van der Waals surface area (Å²) in [6.45, 7) is 2.08. The molecule has 0 fully saturated rings. The fraction of sp³-hybridized carbons (Fsp3) is 0.333. The van der Waals surface area contributed by atoms with Gasteiger partial charge in [0.2, 0.25) is 0 Å². The molecule has 0 saturated heterocycles. The largest absolute Gasteiger partial charge is 0.507 e. The van der Waals surface area contributed by atoms with Crippen molar-refractivity contribution < 1.29 is 9.84 Å². The van der Waals surface area contributed by atoms with Crippen LogP contribution in [-0.4, -0.2) is 37.3 Å². The molecule has 3 nitrogen and oxygen atoms in total. The molecule has 1 aromatic carbocycles. The lowest BCUT2D eigenvalue weighted by molar-refractivity contribution is 0.361. The van der Waals surface area contributed by atoms with Crippen LogP contribution in [0.5, 0.6) is 11.5 Å². The van der Waals surface area contributed by atoms with Crippen molar-refractivity contribution in [1.29, 1.82) is 0 Å². The lowest BCUT2D eigenvalue weighted by Crippen LogP contribution is -2.23. The molecule has 18 heavy (non-hydrogen) atoms. The Morgan fingerprint density at radius 3 is 2.78 bits per heavy atom. The third-order valence-electron chi connectivity index (χ3n) is 3.16. The van der Waals surface area contributed by atoms with E-state index >= 15 is 0 Å². The highest BCUT2D eigenvalue weighted by Gasteiger charge is 2.05. The van der Waals surface area contributed by atoms with Crippen molar-refractivity contribution in [1.82, 2.24) is 4.90 Å². The van der Waals surface area contributed by atoms with Crippen LogP contribution in [0, 0.1) is 0 Å². The molecule has 3 heteroatoms. The summed E-state index contributed by atoms with van der Waals surface area (Å²) in [6, 6.07) is 5.34. The van der Waals surface area contributed by atoms with Gasteiger partial charge in [-0.15, -0.1) is 0 Å². The third kappa shape index (κ3) is 3.14. The molecule has 96 valence electrons. The van der Waals surface area contributed by atoms with Crippen LogP contribution < -0.4 is 4.74 Å². The lowest BCUT2D eigenvalue weighted by atomic mass is 10.1. The predicted molar refractivity (Wildman–Crippen MR) is 73.9 cm³/mol. The van der Waals surface area contributed by atoms with E-state index in [1.54, 1.807) is 13.2 Å². The second-order valence-corrected chi connectivity index (χ2v) is 4.55. The van der Waals surface area contributed by atoms with E-state index in [4.69, 9.17) is 4.74 Å². The minimum Gasteiger partial charge on any atom is -0.507 e. The number of aromatic hydroxyl groups is 1. The maximum Gasteiger partial charge on any atom is 0.126 e. The zero-order valence-corrected chi connectivity index (χ0v) is 10.9. The Balaban J connectivity index is 2.09. The van der Waals surface area contributed by atoms with E-state index in [1.807, 2.05) is 18.2 Å². The monoisotopic (exact) mass is 245 g/mol. The molecule has 0 spiro atoms. The molecule has 2 rings (SSSR count). The Labute approximate surface area is 108 Å². The second kappa shape index (κ2) is 5.74. The van der Waals surface area contributed by atoms with Gasteiger partial charge in [-0.25, -0.2) is 0 Å². The molecular weight excluding hydrogens is 226 g/mol. The van der Waals surface area contributed by atoms with Crippen molar-refractivity contribution in [3.8, 4) is 11.5 Å². The minimum atomic E-state index is 0.249. The molecule has 1 N–H and O–H groups in total. The quantitative estimate of drug-likeness (QED) is 0.888. The van der Waals surface area contributed by atoms with Crippen LogP contribution in [0.15, 0.2) is 35.9 Å². The van der Waals surface area contributed by atoms with Crippen molar-refractivity contribution in [2.24, 2.45) is 0 Å². The van der Waals surface area contributed by atoms with Crippen LogP contribution in [0.3, 0.4) is 0 Å². The first-order chi connectivity index (χ1) is 8.69. The fourth-order valence-electron chi connectivity index (χ4n) is 1.93. The standard InChI is InChI=1S/C15H19NO2/c1-16-9-7-12(8-10-16)3-4-13-5-6-14(18-2)11-15(13)17/h3-7,11,17H,8-10H2,1-2H3/b4-3+. The Kier molecular flexibility index (Phi) is 4.05. The highest BCUT2D eigenvalue weighted by Crippen LogP contribution is 2.25. The zero-order valence-electron chi connectivity index (χ0n) is 10.9. The molecule has 0 saturated carbocycles. The summed E-state index contributed by atoms with van der Waals surface area (Å²) in [5.74, 6) is 0.919. The normalized spacial score (nSPS) is 16.9. The summed E-state index contributed by atoms with van der Waals surface area (Å²) < 4.78 is 5.06. The molecule has 1 aromatic rings. The molecule has 1 heterocycles. The predicted octanol–water partition coefficient (Wildman–Crippen LogP) is 2.68. The highest BCUT2D eigenvalue weighted by molar-refractivity contribution is 5.60. The van der Waals surface area contributed by atoms with Crippen LogP contribution in [0.4, 0.5) is 0 Å². The van der Waals surface area contributed by atoms with Crippen LogP contribution in [0.25, 0.3) is 6.08 Å². The number of benzene rings is 1. The summed E-state index contributed by atoms with van der Waals surface area (Å²) in [5.41, 5.74) is 2.14. The van der Waals surface area contributed by atoms with Gasteiger partial charge in [0.1, 0.15) is 11.5 Å². The van der Waals surface area contributed by atoms with Crippen molar-refractivity contribution in [2.75, 3.05) is 27.2 Å². The molecule has 0 radical (unpaired) electrons. The van der Waals surface area contributed by atoms with E-state index < -0.39 is 0 Å². The van der Waals surface area contributed by atoms with Gasteiger partial charge in [0.05, 0.1) is 7.11 Å². The van der Waals surface area contributed by atoms with Crippen LogP contribution in [0.1, 0.15) is 12.0 Å². The number of hydrogen-bond acceptors (Lipinski definition) is 3. The summed E-state index contributed by atoms with van der Waals surface area (Å²) in [6.07, 6.45) is 7.31. The van der Waals surface area contributed by atoms with Crippen molar-refractivity contribution in [3.63, 3.8) is 0 Å². The molecule has 0 aliphatic carbocycles. The number of phenols is 1. The number of rotatable bonds is 3. The van der Waals surface area contributed by atoms with Crippen molar-refractivity contribution >= 4 is 6.08 Å².